The summed E-state index contributed by atoms with van der Waals surface area (Å²) in [6.45, 7) is 2.25. The molecule has 158 valence electrons. The highest BCUT2D eigenvalue weighted by molar-refractivity contribution is 6.01. The van der Waals surface area contributed by atoms with E-state index in [2.05, 4.69) is 10.6 Å². The average Bonchev–Trinajstić information content (AvgIpc) is 3.51. The fourth-order valence-electron chi connectivity index (χ4n) is 4.17. The van der Waals surface area contributed by atoms with Crippen LogP contribution in [0.1, 0.15) is 46.4 Å². The molecule has 2 aromatic rings. The van der Waals surface area contributed by atoms with E-state index in [-0.39, 0.29) is 24.1 Å². The van der Waals surface area contributed by atoms with Gasteiger partial charge in [-0.25, -0.2) is 0 Å². The molecule has 2 heterocycles. The summed E-state index contributed by atoms with van der Waals surface area (Å²) < 4.78 is 5.59. The van der Waals surface area contributed by atoms with Crippen LogP contribution in [-0.4, -0.2) is 55.7 Å². The van der Waals surface area contributed by atoms with Crippen molar-refractivity contribution in [1.29, 1.82) is 0 Å². The molecule has 2 N–H and O–H groups in total. The van der Waals surface area contributed by atoms with Crippen LogP contribution < -0.4 is 10.6 Å². The zero-order chi connectivity index (χ0) is 20.9. The minimum absolute atomic E-state index is 0.00328. The van der Waals surface area contributed by atoms with Crippen molar-refractivity contribution in [2.24, 2.45) is 0 Å². The third-order valence-corrected chi connectivity index (χ3v) is 5.95. The Bertz CT molecular complexity index is 885. The molecular formula is C24H29N3O3. The van der Waals surface area contributed by atoms with Gasteiger partial charge in [-0.15, -0.1) is 0 Å². The molecule has 4 rings (SSSR count). The topological polar surface area (TPSA) is 70.7 Å². The van der Waals surface area contributed by atoms with E-state index in [1.54, 1.807) is 4.90 Å². The van der Waals surface area contributed by atoms with Crippen LogP contribution in [0.2, 0.25) is 0 Å². The third-order valence-electron chi connectivity index (χ3n) is 5.95. The number of hydrogen-bond donors (Lipinski definition) is 2. The van der Waals surface area contributed by atoms with Gasteiger partial charge in [-0.05, 0) is 61.6 Å². The van der Waals surface area contributed by atoms with E-state index in [1.807, 2.05) is 55.6 Å². The van der Waals surface area contributed by atoms with Gasteiger partial charge in [-0.3, -0.25) is 14.9 Å². The fraction of sp³-hybridized carbons (Fsp3) is 0.417. The van der Waals surface area contributed by atoms with Gasteiger partial charge in [-0.2, -0.15) is 0 Å². The lowest BCUT2D eigenvalue weighted by molar-refractivity contribution is 0.0718. The summed E-state index contributed by atoms with van der Waals surface area (Å²) in [6.07, 6.45) is 4.32. The Hall–Kier alpha value is -2.70. The largest absolute Gasteiger partial charge is 0.376 e. The zero-order valence-electron chi connectivity index (χ0n) is 17.4. The van der Waals surface area contributed by atoms with Gasteiger partial charge < -0.3 is 15.0 Å². The zero-order valence-corrected chi connectivity index (χ0v) is 17.4. The molecule has 2 atom stereocenters. The molecule has 2 saturated heterocycles. The predicted octanol–water partition coefficient (Wildman–Crippen LogP) is 3.04. The minimum atomic E-state index is -0.103. The molecule has 0 radical (unpaired) electrons. The molecule has 2 amide bonds. The van der Waals surface area contributed by atoms with Crippen LogP contribution >= 0.6 is 0 Å². The van der Waals surface area contributed by atoms with E-state index >= 15 is 0 Å². The molecule has 2 aliphatic heterocycles. The highest BCUT2D eigenvalue weighted by Crippen LogP contribution is 2.25. The van der Waals surface area contributed by atoms with E-state index in [9.17, 15) is 9.59 Å². The van der Waals surface area contributed by atoms with Gasteiger partial charge in [0.2, 0.25) is 0 Å². The van der Waals surface area contributed by atoms with E-state index in [0.717, 1.165) is 50.0 Å². The Morgan fingerprint density at radius 1 is 1.10 bits per heavy atom. The molecule has 0 spiro atoms. The van der Waals surface area contributed by atoms with Gasteiger partial charge in [0.05, 0.1) is 12.3 Å². The standard InChI is InChI=1S/C24H29N3O3/c1-27(22-9-4-14-25-22)24(29)18-12-10-17(11-13-18)20-7-2-3-8-21(20)23(28)26-16-19-6-5-15-30-19/h2-3,7-8,10-13,19,22,25H,4-6,9,14-16H2,1H3,(H,26,28). The highest BCUT2D eigenvalue weighted by atomic mass is 16.5. The van der Waals surface area contributed by atoms with Gasteiger partial charge in [0.25, 0.3) is 11.8 Å². The van der Waals surface area contributed by atoms with Crippen LogP contribution in [0.25, 0.3) is 11.1 Å². The molecule has 0 aromatic heterocycles. The summed E-state index contributed by atoms with van der Waals surface area (Å²) in [4.78, 5) is 27.3. The van der Waals surface area contributed by atoms with Crippen molar-refractivity contribution in [3.05, 3.63) is 59.7 Å². The number of carbonyl (C=O) groups is 2. The number of benzene rings is 2. The lowest BCUT2D eigenvalue weighted by atomic mass is 9.98. The van der Waals surface area contributed by atoms with Crippen molar-refractivity contribution in [3.63, 3.8) is 0 Å². The maximum absolute atomic E-state index is 12.8. The molecule has 6 nitrogen and oxygen atoms in total. The first-order valence-corrected chi connectivity index (χ1v) is 10.7. The first-order chi connectivity index (χ1) is 14.6. The van der Waals surface area contributed by atoms with Crippen LogP contribution in [0.15, 0.2) is 48.5 Å². The van der Waals surface area contributed by atoms with Crippen molar-refractivity contribution < 1.29 is 14.3 Å². The summed E-state index contributed by atoms with van der Waals surface area (Å²) in [5.41, 5.74) is 3.04. The van der Waals surface area contributed by atoms with Crippen molar-refractivity contribution in [3.8, 4) is 11.1 Å². The van der Waals surface area contributed by atoms with Crippen LogP contribution in [0.5, 0.6) is 0 Å². The number of carbonyl (C=O) groups excluding carboxylic acids is 2. The summed E-state index contributed by atoms with van der Waals surface area (Å²) in [6, 6.07) is 15.1. The van der Waals surface area contributed by atoms with Crippen LogP contribution in [-0.2, 0) is 4.74 Å². The summed E-state index contributed by atoms with van der Waals surface area (Å²) in [5, 5.41) is 6.34. The van der Waals surface area contributed by atoms with Gasteiger partial charge in [-0.1, -0.05) is 30.3 Å². The third kappa shape index (κ3) is 4.55. The number of nitrogens with one attached hydrogen (secondary N) is 2. The highest BCUT2D eigenvalue weighted by Gasteiger charge is 2.24. The van der Waals surface area contributed by atoms with Gasteiger partial charge in [0.1, 0.15) is 0 Å². The molecule has 0 bridgehead atoms. The van der Waals surface area contributed by atoms with E-state index in [0.29, 0.717) is 17.7 Å². The number of rotatable bonds is 6. The van der Waals surface area contributed by atoms with Gasteiger partial charge in [0.15, 0.2) is 0 Å². The first kappa shape index (κ1) is 20.6. The monoisotopic (exact) mass is 407 g/mol. The van der Waals surface area contributed by atoms with Crippen LogP contribution in [0.4, 0.5) is 0 Å². The predicted molar refractivity (Wildman–Crippen MR) is 116 cm³/mol. The number of nitrogens with zero attached hydrogens (tertiary/aromatic N) is 1. The molecule has 30 heavy (non-hydrogen) atoms. The molecule has 2 aliphatic rings. The number of ether oxygens (including phenoxy) is 1. The molecular weight excluding hydrogens is 378 g/mol. The van der Waals surface area contributed by atoms with Crippen LogP contribution in [0.3, 0.4) is 0 Å². The Labute approximate surface area is 177 Å². The second-order valence-electron chi connectivity index (χ2n) is 8.00. The van der Waals surface area contributed by atoms with Gasteiger partial charge >= 0.3 is 0 Å². The van der Waals surface area contributed by atoms with E-state index < -0.39 is 0 Å². The normalized spacial score (nSPS) is 20.8. The Morgan fingerprint density at radius 3 is 2.60 bits per heavy atom. The molecule has 6 heteroatoms. The fourth-order valence-corrected chi connectivity index (χ4v) is 4.17. The quantitative estimate of drug-likeness (QED) is 0.772. The van der Waals surface area contributed by atoms with E-state index in [4.69, 9.17) is 4.74 Å². The average molecular weight is 408 g/mol. The smallest absolute Gasteiger partial charge is 0.254 e. The lowest BCUT2D eigenvalue weighted by Crippen LogP contribution is -2.42. The second kappa shape index (κ2) is 9.41. The first-order valence-electron chi connectivity index (χ1n) is 10.7. The van der Waals surface area contributed by atoms with Crippen molar-refractivity contribution in [1.82, 2.24) is 15.5 Å². The van der Waals surface area contributed by atoms with E-state index in [1.165, 1.54) is 0 Å². The summed E-state index contributed by atoms with van der Waals surface area (Å²) >= 11 is 0. The molecule has 2 aromatic carbocycles. The Morgan fingerprint density at radius 2 is 1.90 bits per heavy atom. The van der Waals surface area contributed by atoms with Crippen molar-refractivity contribution in [2.45, 2.75) is 38.0 Å². The number of amides is 2. The van der Waals surface area contributed by atoms with Crippen LogP contribution in [0, 0.1) is 0 Å². The minimum Gasteiger partial charge on any atom is -0.376 e. The number of hydrogen-bond acceptors (Lipinski definition) is 4. The lowest BCUT2D eigenvalue weighted by Gasteiger charge is -2.24. The summed E-state index contributed by atoms with van der Waals surface area (Å²) in [5.74, 6) is -0.100. The van der Waals surface area contributed by atoms with Crippen molar-refractivity contribution in [2.75, 3.05) is 26.7 Å². The summed E-state index contributed by atoms with van der Waals surface area (Å²) in [7, 11) is 1.84. The van der Waals surface area contributed by atoms with Crippen molar-refractivity contribution >= 4 is 11.8 Å². The molecule has 0 aliphatic carbocycles. The molecule has 2 fully saturated rings. The molecule has 0 saturated carbocycles. The Balaban J connectivity index is 1.47. The SMILES string of the molecule is CN(C(=O)c1ccc(-c2ccccc2C(=O)NCC2CCCO2)cc1)C1CCCN1. The maximum atomic E-state index is 12.8. The second-order valence-corrected chi connectivity index (χ2v) is 8.00. The maximum Gasteiger partial charge on any atom is 0.254 e. The van der Waals surface area contributed by atoms with Gasteiger partial charge in [0, 0.05) is 31.3 Å². The Kier molecular flexibility index (Phi) is 6.45. The molecule has 2 unspecified atom stereocenters.